The lowest BCUT2D eigenvalue weighted by Crippen LogP contribution is -2.29. The molecule has 3 aliphatic rings. The van der Waals surface area contributed by atoms with E-state index in [1.807, 2.05) is 13.8 Å². The first-order chi connectivity index (χ1) is 14.0. The Kier molecular flexibility index (Phi) is 7.16. The second-order valence-electron chi connectivity index (χ2n) is 10.9. The predicted octanol–water partition coefficient (Wildman–Crippen LogP) is 5.77. The van der Waals surface area contributed by atoms with Crippen LogP contribution in [-0.2, 0) is 0 Å². The highest BCUT2D eigenvalue weighted by atomic mass is 16.3. The molecule has 3 aliphatic carbocycles. The van der Waals surface area contributed by atoms with Gasteiger partial charge in [0.05, 0.1) is 17.8 Å². The van der Waals surface area contributed by atoms with E-state index in [1.54, 1.807) is 16.7 Å². The molecule has 4 atom stereocenters. The van der Waals surface area contributed by atoms with Crippen LogP contribution in [0.3, 0.4) is 0 Å². The number of fused-ring (bicyclic) bond motifs is 1. The smallest absolute Gasteiger partial charge is 0.0809 e. The third-order valence-corrected chi connectivity index (χ3v) is 7.91. The molecule has 3 N–H and O–H groups in total. The molecule has 3 nitrogen and oxygen atoms in total. The summed E-state index contributed by atoms with van der Waals surface area (Å²) in [5.41, 5.74) is 6.12. The SMILES string of the molecule is C=C1C(O)CC(=C/C=C2\CCCC3(C)/C(=C(/C)CCCC(C)(C)O)CCC23)C[C@H]1O. The zero-order chi connectivity index (χ0) is 22.1. The van der Waals surface area contributed by atoms with Crippen LogP contribution in [-0.4, -0.2) is 33.1 Å². The van der Waals surface area contributed by atoms with Crippen LogP contribution in [0.25, 0.3) is 0 Å². The number of aliphatic hydroxyl groups excluding tert-OH is 2. The predicted molar refractivity (Wildman–Crippen MR) is 124 cm³/mol. The van der Waals surface area contributed by atoms with Gasteiger partial charge in [-0.3, -0.25) is 0 Å². The van der Waals surface area contributed by atoms with Gasteiger partial charge in [-0.15, -0.1) is 0 Å². The Morgan fingerprint density at radius 2 is 1.83 bits per heavy atom. The van der Waals surface area contributed by atoms with Crippen LogP contribution in [0, 0.1) is 11.3 Å². The molecule has 3 rings (SSSR count). The van der Waals surface area contributed by atoms with Gasteiger partial charge in [-0.2, -0.15) is 0 Å². The summed E-state index contributed by atoms with van der Waals surface area (Å²) in [4.78, 5) is 0. The molecule has 30 heavy (non-hydrogen) atoms. The average Bonchev–Trinajstić information content (AvgIpc) is 3.00. The van der Waals surface area contributed by atoms with Crippen molar-refractivity contribution in [2.45, 2.75) is 110 Å². The van der Waals surface area contributed by atoms with Gasteiger partial charge in [0, 0.05) is 0 Å². The summed E-state index contributed by atoms with van der Waals surface area (Å²) in [6.07, 6.45) is 13.5. The van der Waals surface area contributed by atoms with Gasteiger partial charge < -0.3 is 15.3 Å². The third-order valence-electron chi connectivity index (χ3n) is 7.91. The van der Waals surface area contributed by atoms with Crippen LogP contribution in [0.2, 0.25) is 0 Å². The van der Waals surface area contributed by atoms with Crippen molar-refractivity contribution in [1.82, 2.24) is 0 Å². The van der Waals surface area contributed by atoms with Gasteiger partial charge in [-0.25, -0.2) is 0 Å². The van der Waals surface area contributed by atoms with Crippen LogP contribution < -0.4 is 0 Å². The van der Waals surface area contributed by atoms with E-state index in [4.69, 9.17) is 0 Å². The van der Waals surface area contributed by atoms with Gasteiger partial charge in [-0.05, 0) is 102 Å². The first-order valence-electron chi connectivity index (χ1n) is 11.9. The Morgan fingerprint density at radius 3 is 2.47 bits per heavy atom. The van der Waals surface area contributed by atoms with Gasteiger partial charge in [0.2, 0.25) is 0 Å². The maximum Gasteiger partial charge on any atom is 0.0809 e. The molecule has 0 amide bonds. The fourth-order valence-electron chi connectivity index (χ4n) is 6.12. The molecule has 3 unspecified atom stereocenters. The van der Waals surface area contributed by atoms with E-state index in [0.717, 1.165) is 31.3 Å². The molecule has 0 heterocycles. The van der Waals surface area contributed by atoms with Gasteiger partial charge in [0.15, 0.2) is 0 Å². The first-order valence-corrected chi connectivity index (χ1v) is 11.9. The molecule has 3 heteroatoms. The van der Waals surface area contributed by atoms with Crippen molar-refractivity contribution < 1.29 is 15.3 Å². The zero-order valence-corrected chi connectivity index (χ0v) is 19.5. The lowest BCUT2D eigenvalue weighted by atomic mass is 9.64. The van der Waals surface area contributed by atoms with Crippen molar-refractivity contribution in [1.29, 1.82) is 0 Å². The van der Waals surface area contributed by atoms with Gasteiger partial charge in [0.1, 0.15) is 0 Å². The molecule has 3 fully saturated rings. The molecular weight excluding hydrogens is 372 g/mol. The van der Waals surface area contributed by atoms with E-state index in [2.05, 4.69) is 32.6 Å². The summed E-state index contributed by atoms with van der Waals surface area (Å²) in [7, 11) is 0. The summed E-state index contributed by atoms with van der Waals surface area (Å²) >= 11 is 0. The van der Waals surface area contributed by atoms with E-state index in [9.17, 15) is 15.3 Å². The molecule has 0 radical (unpaired) electrons. The molecule has 0 aromatic rings. The Morgan fingerprint density at radius 1 is 1.17 bits per heavy atom. The Labute approximate surface area is 183 Å². The Hall–Kier alpha value is -1.16. The molecule has 0 aromatic carbocycles. The lowest BCUT2D eigenvalue weighted by molar-refractivity contribution is 0.0689. The molecular formula is C27H42O3. The van der Waals surface area contributed by atoms with Crippen LogP contribution in [0.4, 0.5) is 0 Å². The van der Waals surface area contributed by atoms with E-state index in [1.165, 1.54) is 25.7 Å². The van der Waals surface area contributed by atoms with Crippen LogP contribution in [0.15, 0.2) is 46.6 Å². The van der Waals surface area contributed by atoms with E-state index >= 15 is 0 Å². The molecule has 168 valence electrons. The minimum absolute atomic E-state index is 0.265. The summed E-state index contributed by atoms with van der Waals surface area (Å²) in [6.45, 7) is 12.4. The maximum atomic E-state index is 10.1. The van der Waals surface area contributed by atoms with Crippen molar-refractivity contribution >= 4 is 0 Å². The topological polar surface area (TPSA) is 60.7 Å². The highest BCUT2D eigenvalue weighted by Gasteiger charge is 2.46. The second kappa shape index (κ2) is 9.14. The molecule has 0 bridgehead atoms. The van der Waals surface area contributed by atoms with Gasteiger partial charge in [-0.1, -0.05) is 47.9 Å². The second-order valence-corrected chi connectivity index (χ2v) is 10.9. The minimum Gasteiger partial charge on any atom is -0.390 e. The highest BCUT2D eigenvalue weighted by molar-refractivity contribution is 5.35. The van der Waals surface area contributed by atoms with Crippen molar-refractivity contribution in [2.24, 2.45) is 11.3 Å². The van der Waals surface area contributed by atoms with Crippen LogP contribution in [0.1, 0.15) is 91.9 Å². The first kappa shape index (κ1) is 23.5. The molecule has 0 aromatic heterocycles. The summed E-state index contributed by atoms with van der Waals surface area (Å²) in [5, 5.41) is 30.3. The fraction of sp³-hybridized carbons (Fsp3) is 0.704. The Bertz CT molecular complexity index is 733. The van der Waals surface area contributed by atoms with E-state index in [-0.39, 0.29) is 5.41 Å². The number of hydrogen-bond acceptors (Lipinski definition) is 3. The van der Waals surface area contributed by atoms with Crippen molar-refractivity contribution in [3.8, 4) is 0 Å². The quantitative estimate of drug-likeness (QED) is 0.501. The number of hydrogen-bond donors (Lipinski definition) is 3. The number of aliphatic hydroxyl groups is 3. The zero-order valence-electron chi connectivity index (χ0n) is 19.5. The fourth-order valence-corrected chi connectivity index (χ4v) is 6.12. The average molecular weight is 415 g/mol. The lowest BCUT2D eigenvalue weighted by Gasteiger charge is -2.40. The molecule has 0 saturated heterocycles. The monoisotopic (exact) mass is 414 g/mol. The Balaban J connectivity index is 1.74. The van der Waals surface area contributed by atoms with Crippen molar-refractivity contribution in [2.75, 3.05) is 0 Å². The highest BCUT2D eigenvalue weighted by Crippen LogP contribution is 2.58. The maximum absolute atomic E-state index is 10.1. The standard InChI is InChI=1S/C27H42O3/c1-18(8-6-14-26(3,4)30)22-12-13-23-21(9-7-15-27(22,23)5)11-10-20-16-24(28)19(2)25(29)17-20/h10-11,23-25,28-30H,2,6-9,12-17H2,1,3-5H3/b20-10?,21-11+,22-18-/t23?,24-,25?,27?/m1/s1. The summed E-state index contributed by atoms with van der Waals surface area (Å²) in [5.74, 6) is 0.607. The van der Waals surface area contributed by atoms with Crippen LogP contribution in [0.5, 0.6) is 0 Å². The van der Waals surface area contributed by atoms with Gasteiger partial charge >= 0.3 is 0 Å². The van der Waals surface area contributed by atoms with Crippen LogP contribution >= 0.6 is 0 Å². The van der Waals surface area contributed by atoms with Gasteiger partial charge in [0.25, 0.3) is 0 Å². The number of rotatable bonds is 5. The summed E-state index contributed by atoms with van der Waals surface area (Å²) < 4.78 is 0. The number of allylic oxidation sites excluding steroid dienone is 5. The minimum atomic E-state index is -0.623. The normalized spacial score (nSPS) is 37.0. The molecule has 3 saturated carbocycles. The van der Waals surface area contributed by atoms with E-state index < -0.39 is 17.8 Å². The van der Waals surface area contributed by atoms with Crippen molar-refractivity contribution in [3.63, 3.8) is 0 Å². The van der Waals surface area contributed by atoms with E-state index in [0.29, 0.717) is 24.3 Å². The molecule has 0 aliphatic heterocycles. The molecule has 0 spiro atoms. The largest absolute Gasteiger partial charge is 0.390 e. The third kappa shape index (κ3) is 5.18. The van der Waals surface area contributed by atoms with Crippen molar-refractivity contribution in [3.05, 3.63) is 46.6 Å². The summed E-state index contributed by atoms with van der Waals surface area (Å²) in [6, 6.07) is 0.